The van der Waals surface area contributed by atoms with E-state index in [1.54, 1.807) is 0 Å². The number of hydrogen-bond donors (Lipinski definition) is 0. The van der Waals surface area contributed by atoms with Crippen molar-refractivity contribution in [3.8, 4) is 6.07 Å². The van der Waals surface area contributed by atoms with E-state index < -0.39 is 0 Å². The van der Waals surface area contributed by atoms with Crippen molar-refractivity contribution in [2.45, 2.75) is 26.7 Å². The van der Waals surface area contributed by atoms with Crippen molar-refractivity contribution >= 4 is 5.78 Å². The first-order valence-corrected chi connectivity index (χ1v) is 5.17. The fourth-order valence-electron chi connectivity index (χ4n) is 1.60. The molecular formula is C13H15NO. The van der Waals surface area contributed by atoms with Crippen LogP contribution in [0.5, 0.6) is 0 Å². The van der Waals surface area contributed by atoms with Crippen LogP contribution in [0, 0.1) is 24.2 Å². The Morgan fingerprint density at radius 1 is 1.47 bits per heavy atom. The second kappa shape index (κ2) is 5.31. The van der Waals surface area contributed by atoms with Crippen molar-refractivity contribution in [3.63, 3.8) is 0 Å². The molecule has 1 unspecified atom stereocenters. The lowest BCUT2D eigenvalue weighted by atomic mass is 9.91. The number of aryl methyl sites for hydroxylation is 1. The molecule has 1 aromatic carbocycles. The fraction of sp³-hybridized carbons (Fsp3) is 0.385. The summed E-state index contributed by atoms with van der Waals surface area (Å²) in [5, 5.41) is 8.63. The minimum Gasteiger partial charge on any atom is -0.294 e. The van der Waals surface area contributed by atoms with Crippen LogP contribution in [0.1, 0.15) is 35.7 Å². The van der Waals surface area contributed by atoms with Gasteiger partial charge in [-0.05, 0) is 18.9 Å². The molecule has 0 aromatic heterocycles. The maximum Gasteiger partial charge on any atom is 0.167 e. The average molecular weight is 201 g/mol. The van der Waals surface area contributed by atoms with Gasteiger partial charge in [0.05, 0.1) is 6.07 Å². The van der Waals surface area contributed by atoms with E-state index in [-0.39, 0.29) is 11.7 Å². The summed E-state index contributed by atoms with van der Waals surface area (Å²) in [6, 6.07) is 9.60. The van der Waals surface area contributed by atoms with Crippen molar-refractivity contribution in [3.05, 3.63) is 35.4 Å². The van der Waals surface area contributed by atoms with Gasteiger partial charge in [0.1, 0.15) is 0 Å². The predicted octanol–water partition coefficient (Wildman–Crippen LogP) is 3.12. The van der Waals surface area contributed by atoms with Crippen LogP contribution < -0.4 is 0 Å². The normalized spacial score (nSPS) is 11.8. The second-order valence-electron chi connectivity index (χ2n) is 3.65. The molecule has 0 saturated heterocycles. The SMILES string of the molecule is CCC(CC#N)C(=O)c1ccccc1C. The summed E-state index contributed by atoms with van der Waals surface area (Å²) >= 11 is 0. The Labute approximate surface area is 90.5 Å². The third-order valence-electron chi connectivity index (χ3n) is 2.61. The molecule has 1 aromatic rings. The van der Waals surface area contributed by atoms with Crippen molar-refractivity contribution in [1.29, 1.82) is 5.26 Å². The zero-order valence-electron chi connectivity index (χ0n) is 9.16. The molecule has 2 heteroatoms. The third kappa shape index (κ3) is 2.66. The Hall–Kier alpha value is -1.62. The monoisotopic (exact) mass is 201 g/mol. The second-order valence-corrected chi connectivity index (χ2v) is 3.65. The van der Waals surface area contributed by atoms with Crippen molar-refractivity contribution in [1.82, 2.24) is 0 Å². The Morgan fingerprint density at radius 2 is 2.13 bits per heavy atom. The molecule has 0 N–H and O–H groups in total. The Balaban J connectivity index is 2.94. The maximum atomic E-state index is 12.0. The number of Topliss-reactive ketones (excluding diaryl/α,β-unsaturated/α-hetero) is 1. The quantitative estimate of drug-likeness (QED) is 0.702. The molecule has 2 nitrogen and oxygen atoms in total. The number of hydrogen-bond acceptors (Lipinski definition) is 2. The molecule has 1 atom stereocenters. The molecular weight excluding hydrogens is 186 g/mol. The zero-order chi connectivity index (χ0) is 11.3. The Morgan fingerprint density at radius 3 is 2.67 bits per heavy atom. The van der Waals surface area contributed by atoms with Gasteiger partial charge >= 0.3 is 0 Å². The van der Waals surface area contributed by atoms with Crippen molar-refractivity contribution in [2.75, 3.05) is 0 Å². The van der Waals surface area contributed by atoms with Crippen LogP contribution in [0.25, 0.3) is 0 Å². The number of benzene rings is 1. The standard InChI is InChI=1S/C13H15NO/c1-3-11(8-9-14)13(15)12-7-5-4-6-10(12)2/h4-7,11H,3,8H2,1-2H3. The van der Waals surface area contributed by atoms with E-state index in [0.717, 1.165) is 17.5 Å². The number of nitriles is 1. The van der Waals surface area contributed by atoms with E-state index in [4.69, 9.17) is 5.26 Å². The molecule has 0 aliphatic carbocycles. The maximum absolute atomic E-state index is 12.0. The summed E-state index contributed by atoms with van der Waals surface area (Å²) in [7, 11) is 0. The lowest BCUT2D eigenvalue weighted by Gasteiger charge is -2.11. The summed E-state index contributed by atoms with van der Waals surface area (Å²) in [6.07, 6.45) is 1.03. The van der Waals surface area contributed by atoms with Gasteiger partial charge in [-0.2, -0.15) is 5.26 Å². The Bertz CT molecular complexity index is 390. The highest BCUT2D eigenvalue weighted by Crippen LogP contribution is 2.18. The van der Waals surface area contributed by atoms with Crippen LogP contribution in [-0.4, -0.2) is 5.78 Å². The van der Waals surface area contributed by atoms with Crippen LogP contribution in [0.4, 0.5) is 0 Å². The number of carbonyl (C=O) groups excluding carboxylic acids is 1. The first kappa shape index (κ1) is 11.5. The minimum absolute atomic E-state index is 0.0946. The van der Waals surface area contributed by atoms with E-state index in [1.165, 1.54) is 0 Å². The van der Waals surface area contributed by atoms with Gasteiger partial charge in [0, 0.05) is 17.9 Å². The number of carbonyl (C=O) groups is 1. The highest BCUT2D eigenvalue weighted by molar-refractivity contribution is 5.99. The molecule has 0 bridgehead atoms. The molecule has 78 valence electrons. The third-order valence-corrected chi connectivity index (χ3v) is 2.61. The first-order chi connectivity index (χ1) is 7.20. The predicted molar refractivity (Wildman–Crippen MR) is 59.5 cm³/mol. The van der Waals surface area contributed by atoms with E-state index in [0.29, 0.717) is 6.42 Å². The van der Waals surface area contributed by atoms with Crippen molar-refractivity contribution in [2.24, 2.45) is 5.92 Å². The minimum atomic E-state index is -0.156. The molecule has 1 rings (SSSR count). The molecule has 15 heavy (non-hydrogen) atoms. The summed E-state index contributed by atoms with van der Waals surface area (Å²) in [6.45, 7) is 3.87. The Kier molecular flexibility index (Phi) is 4.05. The highest BCUT2D eigenvalue weighted by atomic mass is 16.1. The van der Waals surface area contributed by atoms with Crippen LogP contribution in [-0.2, 0) is 0 Å². The van der Waals surface area contributed by atoms with Crippen molar-refractivity contribution < 1.29 is 4.79 Å². The lowest BCUT2D eigenvalue weighted by Crippen LogP contribution is -2.14. The van der Waals surface area contributed by atoms with E-state index in [1.807, 2.05) is 38.1 Å². The molecule has 0 saturated carbocycles. The topological polar surface area (TPSA) is 40.9 Å². The van der Waals surface area contributed by atoms with Crippen LogP contribution >= 0.6 is 0 Å². The molecule has 0 amide bonds. The molecule has 0 spiro atoms. The smallest absolute Gasteiger partial charge is 0.167 e. The fourth-order valence-corrected chi connectivity index (χ4v) is 1.60. The number of nitrogens with zero attached hydrogens (tertiary/aromatic N) is 1. The number of rotatable bonds is 4. The summed E-state index contributed by atoms with van der Waals surface area (Å²) in [5.74, 6) is -0.0618. The van der Waals surface area contributed by atoms with Crippen LogP contribution in [0.3, 0.4) is 0 Å². The summed E-state index contributed by atoms with van der Waals surface area (Å²) < 4.78 is 0. The first-order valence-electron chi connectivity index (χ1n) is 5.17. The summed E-state index contributed by atoms with van der Waals surface area (Å²) in [4.78, 5) is 12.0. The highest BCUT2D eigenvalue weighted by Gasteiger charge is 2.18. The van der Waals surface area contributed by atoms with Gasteiger partial charge in [-0.1, -0.05) is 31.2 Å². The molecule has 0 aliphatic rings. The van der Waals surface area contributed by atoms with E-state index in [2.05, 4.69) is 6.07 Å². The van der Waals surface area contributed by atoms with E-state index >= 15 is 0 Å². The molecule has 0 heterocycles. The van der Waals surface area contributed by atoms with Crippen LogP contribution in [0.15, 0.2) is 24.3 Å². The largest absolute Gasteiger partial charge is 0.294 e. The van der Waals surface area contributed by atoms with Gasteiger partial charge in [0.2, 0.25) is 0 Å². The van der Waals surface area contributed by atoms with Gasteiger partial charge in [-0.25, -0.2) is 0 Å². The lowest BCUT2D eigenvalue weighted by molar-refractivity contribution is 0.0918. The van der Waals surface area contributed by atoms with Gasteiger partial charge < -0.3 is 0 Å². The average Bonchev–Trinajstić information content (AvgIpc) is 2.25. The van der Waals surface area contributed by atoms with Gasteiger partial charge in [0.15, 0.2) is 5.78 Å². The molecule has 0 fully saturated rings. The number of ketones is 1. The van der Waals surface area contributed by atoms with E-state index in [9.17, 15) is 4.79 Å². The van der Waals surface area contributed by atoms with Gasteiger partial charge in [-0.3, -0.25) is 4.79 Å². The zero-order valence-corrected chi connectivity index (χ0v) is 9.16. The van der Waals surface area contributed by atoms with Gasteiger partial charge in [-0.15, -0.1) is 0 Å². The summed E-state index contributed by atoms with van der Waals surface area (Å²) in [5.41, 5.74) is 1.73. The van der Waals surface area contributed by atoms with Gasteiger partial charge in [0.25, 0.3) is 0 Å². The molecule has 0 aliphatic heterocycles. The van der Waals surface area contributed by atoms with Crippen LogP contribution in [0.2, 0.25) is 0 Å². The molecule has 0 radical (unpaired) electrons.